The highest BCUT2D eigenvalue weighted by Crippen LogP contribution is 2.34. The average Bonchev–Trinajstić information content (AvgIpc) is 2.66. The molecule has 0 spiro atoms. The molecule has 0 heterocycles. The van der Waals surface area contributed by atoms with Crippen LogP contribution in [0.15, 0.2) is 36.4 Å². The Kier molecular flexibility index (Phi) is 6.93. The topological polar surface area (TPSA) is 120 Å². The van der Waals surface area contributed by atoms with Crippen molar-refractivity contribution in [2.45, 2.75) is 6.42 Å². The average molecular weight is 485 g/mol. The van der Waals surface area contributed by atoms with E-state index in [1.165, 1.54) is 26.4 Å². The molecule has 2 aromatic carbocycles. The number of amides is 2. The number of nitro benzene ring substituents is 1. The Hall–Kier alpha value is -2.89. The monoisotopic (exact) mass is 485 g/mol. The summed E-state index contributed by atoms with van der Waals surface area (Å²) >= 11 is 2.11. The number of hydrogen-bond donors (Lipinski definition) is 2. The van der Waals surface area contributed by atoms with Crippen LogP contribution in [0.2, 0.25) is 0 Å². The molecule has 0 atom stereocenters. The van der Waals surface area contributed by atoms with Gasteiger partial charge in [-0.25, -0.2) is 0 Å². The van der Waals surface area contributed by atoms with E-state index in [0.29, 0.717) is 5.56 Å². The summed E-state index contributed by atoms with van der Waals surface area (Å²) < 4.78 is 11.1. The Balaban J connectivity index is 2.09. The summed E-state index contributed by atoms with van der Waals surface area (Å²) in [6, 6.07) is 9.28. The Morgan fingerprint density at radius 2 is 1.67 bits per heavy atom. The summed E-state index contributed by atoms with van der Waals surface area (Å²) in [5, 5.41) is 11.3. The highest BCUT2D eigenvalue weighted by atomic mass is 127. The van der Waals surface area contributed by atoms with Gasteiger partial charge in [-0.3, -0.25) is 30.6 Å². The molecule has 142 valence electrons. The second-order valence-corrected chi connectivity index (χ2v) is 6.52. The van der Waals surface area contributed by atoms with E-state index in [-0.39, 0.29) is 29.2 Å². The maximum absolute atomic E-state index is 12.1. The van der Waals surface area contributed by atoms with Crippen LogP contribution in [0.3, 0.4) is 0 Å². The van der Waals surface area contributed by atoms with Crippen LogP contribution in [-0.4, -0.2) is 31.0 Å². The summed E-state index contributed by atoms with van der Waals surface area (Å²) in [5.74, 6) is -0.681. The number of nitrogens with one attached hydrogen (secondary N) is 2. The van der Waals surface area contributed by atoms with Gasteiger partial charge in [0, 0.05) is 14.7 Å². The van der Waals surface area contributed by atoms with E-state index in [9.17, 15) is 19.7 Å². The minimum atomic E-state index is -0.621. The zero-order chi connectivity index (χ0) is 20.0. The molecule has 27 heavy (non-hydrogen) atoms. The predicted octanol–water partition coefficient (Wildman–Crippen LogP) is 2.22. The minimum Gasteiger partial charge on any atom is -0.493 e. The highest BCUT2D eigenvalue weighted by molar-refractivity contribution is 14.1. The molecule has 0 saturated heterocycles. The lowest BCUT2D eigenvalue weighted by Crippen LogP contribution is -2.42. The first kappa shape index (κ1) is 20.4. The molecular formula is C17H16IN3O6. The molecule has 0 bridgehead atoms. The second-order valence-electron chi connectivity index (χ2n) is 5.28. The smallest absolute Gasteiger partial charge is 0.277 e. The summed E-state index contributed by atoms with van der Waals surface area (Å²) in [4.78, 5) is 34.7. The Labute approximate surface area is 168 Å². The van der Waals surface area contributed by atoms with E-state index in [2.05, 4.69) is 33.4 Å². The van der Waals surface area contributed by atoms with Crippen LogP contribution in [0, 0.1) is 13.7 Å². The fraction of sp³-hybridized carbons (Fsp3) is 0.176. The van der Waals surface area contributed by atoms with Gasteiger partial charge >= 0.3 is 0 Å². The third-order valence-corrected chi connectivity index (χ3v) is 4.27. The Morgan fingerprint density at radius 1 is 1.07 bits per heavy atom. The van der Waals surface area contributed by atoms with Crippen LogP contribution in [0.4, 0.5) is 5.69 Å². The molecule has 2 rings (SSSR count). The zero-order valence-electron chi connectivity index (χ0n) is 14.4. The molecule has 0 aliphatic heterocycles. The number of hydrogen-bond acceptors (Lipinski definition) is 6. The molecule has 0 aliphatic rings. The number of carbonyl (C=O) groups excluding carboxylic acids is 2. The molecule has 0 radical (unpaired) electrons. The number of rotatable bonds is 6. The first-order chi connectivity index (χ1) is 12.8. The van der Waals surface area contributed by atoms with Crippen molar-refractivity contribution in [1.82, 2.24) is 10.9 Å². The van der Waals surface area contributed by atoms with Crippen molar-refractivity contribution in [3.63, 3.8) is 0 Å². The fourth-order valence-electron chi connectivity index (χ4n) is 2.24. The van der Waals surface area contributed by atoms with Gasteiger partial charge in [0.25, 0.3) is 11.6 Å². The maximum Gasteiger partial charge on any atom is 0.277 e. The van der Waals surface area contributed by atoms with E-state index in [1.54, 1.807) is 24.3 Å². The van der Waals surface area contributed by atoms with Gasteiger partial charge in [-0.1, -0.05) is 0 Å². The van der Waals surface area contributed by atoms with Gasteiger partial charge in [-0.05, 0) is 52.9 Å². The quantitative estimate of drug-likeness (QED) is 0.368. The van der Waals surface area contributed by atoms with Crippen molar-refractivity contribution in [3.05, 3.63) is 61.2 Å². The van der Waals surface area contributed by atoms with E-state index in [0.717, 1.165) is 3.57 Å². The van der Waals surface area contributed by atoms with Crippen molar-refractivity contribution < 1.29 is 24.0 Å². The van der Waals surface area contributed by atoms with Gasteiger partial charge in [0.15, 0.2) is 11.5 Å². The third kappa shape index (κ3) is 5.29. The second kappa shape index (κ2) is 9.16. The van der Waals surface area contributed by atoms with Crippen LogP contribution >= 0.6 is 22.6 Å². The van der Waals surface area contributed by atoms with E-state index in [4.69, 9.17) is 9.47 Å². The molecule has 9 nitrogen and oxygen atoms in total. The molecule has 10 heteroatoms. The van der Waals surface area contributed by atoms with Crippen molar-refractivity contribution in [2.75, 3.05) is 14.2 Å². The Morgan fingerprint density at radius 3 is 2.22 bits per heavy atom. The maximum atomic E-state index is 12.1. The summed E-state index contributed by atoms with van der Waals surface area (Å²) in [6.45, 7) is 0. The Bertz CT molecular complexity index is 870. The standard InChI is InChI=1S/C17H16IN3O6/c1-26-14-7-11(13(21(24)25)9-15(14)27-2)8-16(22)19-20-17(23)10-3-5-12(18)6-4-10/h3-7,9H,8H2,1-2H3,(H,19,22)(H,20,23). The highest BCUT2D eigenvalue weighted by Gasteiger charge is 2.21. The van der Waals surface area contributed by atoms with Crippen LogP contribution in [0.25, 0.3) is 0 Å². The third-order valence-electron chi connectivity index (χ3n) is 3.55. The molecule has 0 fully saturated rings. The number of hydrazine groups is 1. The van der Waals surface area contributed by atoms with Crippen molar-refractivity contribution in [1.29, 1.82) is 0 Å². The summed E-state index contributed by atoms with van der Waals surface area (Å²) in [6.07, 6.45) is -0.330. The lowest BCUT2D eigenvalue weighted by molar-refractivity contribution is -0.385. The first-order valence-electron chi connectivity index (χ1n) is 7.59. The number of carbonyl (C=O) groups is 2. The van der Waals surface area contributed by atoms with Crippen molar-refractivity contribution in [3.8, 4) is 11.5 Å². The number of nitro groups is 1. The predicted molar refractivity (Wildman–Crippen MR) is 105 cm³/mol. The van der Waals surface area contributed by atoms with Gasteiger partial charge in [0.05, 0.1) is 31.6 Å². The SMILES string of the molecule is COc1cc(CC(=O)NNC(=O)c2ccc(I)cc2)c([N+](=O)[O-])cc1OC. The van der Waals surface area contributed by atoms with Crippen LogP contribution in [0.5, 0.6) is 11.5 Å². The molecule has 2 N–H and O–H groups in total. The molecule has 0 aromatic heterocycles. The molecule has 0 aliphatic carbocycles. The lowest BCUT2D eigenvalue weighted by Gasteiger charge is -2.11. The van der Waals surface area contributed by atoms with Crippen LogP contribution < -0.4 is 20.3 Å². The van der Waals surface area contributed by atoms with Crippen molar-refractivity contribution >= 4 is 40.1 Å². The fourth-order valence-corrected chi connectivity index (χ4v) is 2.60. The van der Waals surface area contributed by atoms with Gasteiger partial charge < -0.3 is 9.47 Å². The number of ether oxygens (including phenoxy) is 2. The molecule has 0 saturated carbocycles. The summed E-state index contributed by atoms with van der Waals surface area (Å²) in [5.41, 5.74) is 4.72. The lowest BCUT2D eigenvalue weighted by atomic mass is 10.1. The normalized spacial score (nSPS) is 10.0. The first-order valence-corrected chi connectivity index (χ1v) is 8.67. The minimum absolute atomic E-state index is 0.124. The van der Waals surface area contributed by atoms with Gasteiger partial charge in [0.1, 0.15) is 0 Å². The van der Waals surface area contributed by atoms with Crippen LogP contribution in [-0.2, 0) is 11.2 Å². The zero-order valence-corrected chi connectivity index (χ0v) is 16.6. The molecule has 2 aromatic rings. The van der Waals surface area contributed by atoms with Crippen LogP contribution in [0.1, 0.15) is 15.9 Å². The summed E-state index contributed by atoms with van der Waals surface area (Å²) in [7, 11) is 2.74. The molecular weight excluding hydrogens is 469 g/mol. The van der Waals surface area contributed by atoms with E-state index in [1.807, 2.05) is 0 Å². The number of methoxy groups -OCH3 is 2. The van der Waals surface area contributed by atoms with E-state index < -0.39 is 16.7 Å². The number of halogens is 1. The molecule has 2 amide bonds. The van der Waals surface area contributed by atoms with Gasteiger partial charge in [-0.15, -0.1) is 0 Å². The number of nitrogens with zero attached hydrogens (tertiary/aromatic N) is 1. The van der Waals surface area contributed by atoms with Gasteiger partial charge in [0.2, 0.25) is 5.91 Å². The van der Waals surface area contributed by atoms with Gasteiger partial charge in [-0.2, -0.15) is 0 Å². The molecule has 0 unspecified atom stereocenters. The number of benzene rings is 2. The van der Waals surface area contributed by atoms with Crippen molar-refractivity contribution in [2.24, 2.45) is 0 Å². The largest absolute Gasteiger partial charge is 0.493 e. The van der Waals surface area contributed by atoms with E-state index >= 15 is 0 Å².